The van der Waals surface area contributed by atoms with Crippen LogP contribution in [0.5, 0.6) is 0 Å². The predicted octanol–water partition coefficient (Wildman–Crippen LogP) is 1.23. The van der Waals surface area contributed by atoms with E-state index in [1.807, 2.05) is 0 Å². The van der Waals surface area contributed by atoms with Gasteiger partial charge in [0, 0.05) is 37.2 Å². The molecule has 144 valence electrons. The van der Waals surface area contributed by atoms with E-state index in [0.717, 1.165) is 25.7 Å². The van der Waals surface area contributed by atoms with Gasteiger partial charge in [0.25, 0.3) is 5.69 Å². The van der Waals surface area contributed by atoms with Gasteiger partial charge in [0.2, 0.25) is 0 Å². The summed E-state index contributed by atoms with van der Waals surface area (Å²) in [5.74, 6) is 0.340. The number of anilines is 1. The van der Waals surface area contributed by atoms with Crippen LogP contribution in [0.25, 0.3) is 0 Å². The van der Waals surface area contributed by atoms with Crippen LogP contribution in [-0.2, 0) is 4.79 Å². The molecule has 1 aliphatic carbocycles. The Morgan fingerprint density at radius 3 is 2.67 bits per heavy atom. The van der Waals surface area contributed by atoms with Crippen molar-refractivity contribution in [2.45, 2.75) is 37.8 Å². The first-order valence-electron chi connectivity index (χ1n) is 9.30. The Morgan fingerprint density at radius 2 is 2.04 bits per heavy atom. The molecule has 1 saturated heterocycles. The Labute approximate surface area is 157 Å². The van der Waals surface area contributed by atoms with Crippen molar-refractivity contribution in [2.24, 2.45) is 11.8 Å². The third-order valence-corrected chi connectivity index (χ3v) is 5.40. The number of rotatable bonds is 7. The highest BCUT2D eigenvalue weighted by Gasteiger charge is 2.33. The molecule has 2 aliphatic rings. The van der Waals surface area contributed by atoms with E-state index < -0.39 is 4.92 Å². The molecule has 2 heterocycles. The third kappa shape index (κ3) is 4.99. The number of hydrogen-bond donors (Lipinski definition) is 3. The quantitative estimate of drug-likeness (QED) is 0.481. The van der Waals surface area contributed by atoms with Gasteiger partial charge < -0.3 is 16.0 Å². The zero-order valence-electron chi connectivity index (χ0n) is 15.1. The number of ketones is 1. The summed E-state index contributed by atoms with van der Waals surface area (Å²) in [6, 6.07) is 5.85. The maximum atomic E-state index is 12.3. The lowest BCUT2D eigenvalue weighted by molar-refractivity contribution is -0.385. The van der Waals surface area contributed by atoms with Gasteiger partial charge in [0.15, 0.2) is 5.78 Å². The minimum Gasteiger partial charge on any atom is -0.367 e. The van der Waals surface area contributed by atoms with Gasteiger partial charge in [0.1, 0.15) is 12.0 Å². The van der Waals surface area contributed by atoms with Gasteiger partial charge in [-0.3, -0.25) is 14.9 Å². The van der Waals surface area contributed by atoms with Crippen molar-refractivity contribution in [2.75, 3.05) is 25.0 Å². The highest BCUT2D eigenvalue weighted by atomic mass is 16.6. The zero-order valence-corrected chi connectivity index (χ0v) is 15.1. The SMILES string of the molecule is N#CC1CNC[C@@H]1C(=O)CNC1CCC(Nc2ccc([N+](=O)[O-])cn2)CC1. The highest BCUT2D eigenvalue weighted by molar-refractivity contribution is 5.84. The number of Topliss-reactive ketones (excluding diaryl/α,β-unsaturated/α-hetero) is 1. The topological polar surface area (TPSA) is 133 Å². The minimum absolute atomic E-state index is 0.0192. The fourth-order valence-corrected chi connectivity index (χ4v) is 3.76. The normalized spacial score (nSPS) is 27.7. The zero-order chi connectivity index (χ0) is 19.2. The molecule has 0 amide bonds. The molecule has 1 aromatic heterocycles. The monoisotopic (exact) mass is 372 g/mol. The second kappa shape index (κ2) is 8.88. The smallest absolute Gasteiger partial charge is 0.287 e. The second-order valence-corrected chi connectivity index (χ2v) is 7.20. The summed E-state index contributed by atoms with van der Waals surface area (Å²) >= 11 is 0. The fraction of sp³-hybridized carbons (Fsp3) is 0.611. The fourth-order valence-electron chi connectivity index (χ4n) is 3.76. The molecular formula is C18H24N6O3. The molecule has 0 aromatic carbocycles. The van der Waals surface area contributed by atoms with Crippen molar-refractivity contribution in [1.29, 1.82) is 5.26 Å². The Balaban J connectivity index is 1.39. The summed E-state index contributed by atoms with van der Waals surface area (Å²) in [6.07, 6.45) is 5.03. The van der Waals surface area contributed by atoms with Gasteiger partial charge >= 0.3 is 0 Å². The molecule has 3 rings (SSSR count). The molecule has 1 unspecified atom stereocenters. The first kappa shape index (κ1) is 19.2. The highest BCUT2D eigenvalue weighted by Crippen LogP contribution is 2.23. The first-order chi connectivity index (χ1) is 13.1. The maximum Gasteiger partial charge on any atom is 0.287 e. The van der Waals surface area contributed by atoms with E-state index in [0.29, 0.717) is 31.5 Å². The third-order valence-electron chi connectivity index (χ3n) is 5.40. The summed E-state index contributed by atoms with van der Waals surface area (Å²) in [6.45, 7) is 1.51. The van der Waals surface area contributed by atoms with Crippen LogP contribution in [0.3, 0.4) is 0 Å². The van der Waals surface area contributed by atoms with Crippen molar-refractivity contribution in [3.05, 3.63) is 28.4 Å². The van der Waals surface area contributed by atoms with E-state index in [9.17, 15) is 14.9 Å². The van der Waals surface area contributed by atoms with E-state index in [2.05, 4.69) is 27.0 Å². The number of hydrogen-bond acceptors (Lipinski definition) is 8. The van der Waals surface area contributed by atoms with Gasteiger partial charge in [-0.25, -0.2) is 4.98 Å². The molecule has 9 nitrogen and oxygen atoms in total. The first-order valence-corrected chi connectivity index (χ1v) is 9.30. The van der Waals surface area contributed by atoms with Crippen molar-refractivity contribution in [3.63, 3.8) is 0 Å². The lowest BCUT2D eigenvalue weighted by Crippen LogP contribution is -2.41. The molecular weight excluding hydrogens is 348 g/mol. The summed E-state index contributed by atoms with van der Waals surface area (Å²) in [4.78, 5) is 26.6. The van der Waals surface area contributed by atoms with E-state index in [-0.39, 0.29) is 29.3 Å². The number of nitrogens with zero attached hydrogens (tertiary/aromatic N) is 3. The van der Waals surface area contributed by atoms with Crippen LogP contribution >= 0.6 is 0 Å². The van der Waals surface area contributed by atoms with E-state index >= 15 is 0 Å². The molecule has 0 bridgehead atoms. The number of nitro groups is 1. The van der Waals surface area contributed by atoms with Gasteiger partial charge in [-0.1, -0.05) is 0 Å². The largest absolute Gasteiger partial charge is 0.367 e. The molecule has 1 aromatic rings. The molecule has 0 spiro atoms. The van der Waals surface area contributed by atoms with Crippen LogP contribution in [0.2, 0.25) is 0 Å². The summed E-state index contributed by atoms with van der Waals surface area (Å²) in [7, 11) is 0. The lowest BCUT2D eigenvalue weighted by atomic mass is 9.90. The number of pyridine rings is 1. The van der Waals surface area contributed by atoms with Crippen LogP contribution in [0.15, 0.2) is 18.3 Å². The number of carbonyl (C=O) groups is 1. The summed E-state index contributed by atoms with van der Waals surface area (Å²) in [5.41, 5.74) is -0.0192. The molecule has 0 radical (unpaired) electrons. The Morgan fingerprint density at radius 1 is 1.30 bits per heavy atom. The lowest BCUT2D eigenvalue weighted by Gasteiger charge is -2.30. The molecule has 3 N–H and O–H groups in total. The van der Waals surface area contributed by atoms with Gasteiger partial charge in [-0.15, -0.1) is 0 Å². The molecule has 1 aliphatic heterocycles. The number of aromatic nitrogens is 1. The molecule has 27 heavy (non-hydrogen) atoms. The van der Waals surface area contributed by atoms with Gasteiger partial charge in [-0.05, 0) is 31.7 Å². The average molecular weight is 372 g/mol. The molecule has 9 heteroatoms. The van der Waals surface area contributed by atoms with Crippen molar-refractivity contribution < 1.29 is 9.72 Å². The standard InChI is InChI=1S/C18H24N6O3/c19-7-12-8-20-10-16(12)17(25)11-21-13-1-3-14(4-2-13)23-18-6-5-15(9-22-18)24(26)27/h5-6,9,12-14,16,20-21H,1-4,8,10-11H2,(H,22,23)/t12?,13?,14?,16-/m0/s1. The Bertz CT molecular complexity index is 709. The molecule has 1 saturated carbocycles. The van der Waals surface area contributed by atoms with Gasteiger partial charge in [0.05, 0.1) is 23.5 Å². The van der Waals surface area contributed by atoms with E-state index in [1.54, 1.807) is 6.07 Å². The maximum absolute atomic E-state index is 12.3. The average Bonchev–Trinajstić information content (AvgIpc) is 3.16. The number of carbonyl (C=O) groups excluding carboxylic acids is 1. The predicted molar refractivity (Wildman–Crippen MR) is 99.0 cm³/mol. The van der Waals surface area contributed by atoms with Crippen LogP contribution in [-0.4, -0.2) is 47.4 Å². The van der Waals surface area contributed by atoms with Crippen LogP contribution in [0.1, 0.15) is 25.7 Å². The van der Waals surface area contributed by atoms with Crippen molar-refractivity contribution in [3.8, 4) is 6.07 Å². The second-order valence-electron chi connectivity index (χ2n) is 7.20. The van der Waals surface area contributed by atoms with Crippen molar-refractivity contribution >= 4 is 17.3 Å². The van der Waals surface area contributed by atoms with Crippen LogP contribution < -0.4 is 16.0 Å². The van der Waals surface area contributed by atoms with Crippen molar-refractivity contribution in [1.82, 2.24) is 15.6 Å². The Kier molecular flexibility index (Phi) is 6.32. The minimum atomic E-state index is -0.463. The Hall–Kier alpha value is -2.57. The molecule has 2 atom stereocenters. The number of nitrogens with one attached hydrogen (secondary N) is 3. The van der Waals surface area contributed by atoms with E-state index in [1.165, 1.54) is 12.3 Å². The van der Waals surface area contributed by atoms with Crippen LogP contribution in [0.4, 0.5) is 11.5 Å². The summed E-state index contributed by atoms with van der Waals surface area (Å²) in [5, 5.41) is 29.5. The van der Waals surface area contributed by atoms with Gasteiger partial charge in [-0.2, -0.15) is 5.26 Å². The molecule has 2 fully saturated rings. The summed E-state index contributed by atoms with van der Waals surface area (Å²) < 4.78 is 0. The number of nitriles is 1. The van der Waals surface area contributed by atoms with E-state index in [4.69, 9.17) is 5.26 Å². The van der Waals surface area contributed by atoms with Crippen LogP contribution in [0, 0.1) is 33.3 Å².